The van der Waals surface area contributed by atoms with Gasteiger partial charge in [-0.15, -0.1) is 0 Å². The normalized spacial score (nSPS) is 20.4. The number of aliphatic carboxylic acids is 1. The molecule has 0 aromatic carbocycles. The van der Waals surface area contributed by atoms with Gasteiger partial charge in [-0.2, -0.15) is 0 Å². The Hall–Kier alpha value is -1.66. The van der Waals surface area contributed by atoms with Crippen LogP contribution in [0.3, 0.4) is 0 Å². The van der Waals surface area contributed by atoms with E-state index in [1.165, 1.54) is 6.21 Å². The Morgan fingerprint density at radius 1 is 1.35 bits per heavy atom. The summed E-state index contributed by atoms with van der Waals surface area (Å²) in [5, 5.41) is 9.11. The van der Waals surface area contributed by atoms with Crippen molar-refractivity contribution in [2.75, 3.05) is 47.3 Å². The van der Waals surface area contributed by atoms with Crippen LogP contribution in [-0.4, -0.2) is 85.4 Å². The molecule has 0 bridgehead atoms. The van der Waals surface area contributed by atoms with Crippen molar-refractivity contribution in [3.8, 4) is 0 Å². The molecule has 1 atom stereocenters. The molecule has 0 amide bonds. The number of nitrogens with zero attached hydrogens (tertiary/aromatic N) is 4. The number of likely N-dealkylation sites (N-methyl/N-ethyl adjacent to an activating group) is 2. The van der Waals surface area contributed by atoms with E-state index in [2.05, 4.69) is 40.8 Å². The second-order valence-corrected chi connectivity index (χ2v) is 6.47. The number of rotatable bonds is 6. The van der Waals surface area contributed by atoms with Gasteiger partial charge in [0.2, 0.25) is 0 Å². The van der Waals surface area contributed by atoms with Crippen molar-refractivity contribution >= 4 is 12.2 Å². The number of allylic oxidation sites excluding steroid dienone is 2. The van der Waals surface area contributed by atoms with E-state index < -0.39 is 5.97 Å². The van der Waals surface area contributed by atoms with Gasteiger partial charge in [0.1, 0.15) is 5.82 Å². The largest absolute Gasteiger partial charge is 0.478 e. The van der Waals surface area contributed by atoms with Gasteiger partial charge in [-0.3, -0.25) is 4.90 Å². The SMILES string of the molecule is C/C=C(\C=N/C(=C(C)C)N1CCN(C)C(CN(C)C)C1)C(=O)O. The first-order chi connectivity index (χ1) is 10.8. The van der Waals surface area contributed by atoms with E-state index in [1.54, 1.807) is 13.0 Å². The van der Waals surface area contributed by atoms with Crippen LogP contribution in [0.4, 0.5) is 0 Å². The van der Waals surface area contributed by atoms with Crippen LogP contribution in [0, 0.1) is 0 Å². The maximum atomic E-state index is 11.1. The zero-order valence-corrected chi connectivity index (χ0v) is 15.2. The van der Waals surface area contributed by atoms with E-state index in [0.717, 1.165) is 37.6 Å². The third kappa shape index (κ3) is 5.80. The van der Waals surface area contributed by atoms with Gasteiger partial charge in [-0.25, -0.2) is 9.79 Å². The van der Waals surface area contributed by atoms with E-state index in [1.807, 2.05) is 13.8 Å². The fourth-order valence-corrected chi connectivity index (χ4v) is 2.67. The van der Waals surface area contributed by atoms with E-state index in [-0.39, 0.29) is 5.57 Å². The molecular weight excluding hydrogens is 292 g/mol. The van der Waals surface area contributed by atoms with Crippen molar-refractivity contribution in [2.45, 2.75) is 26.8 Å². The first-order valence-electron chi connectivity index (χ1n) is 7.97. The lowest BCUT2D eigenvalue weighted by Crippen LogP contribution is -2.54. The molecule has 0 spiro atoms. The minimum absolute atomic E-state index is 0.211. The first-order valence-corrected chi connectivity index (χ1v) is 7.97. The summed E-state index contributed by atoms with van der Waals surface area (Å²) in [5.41, 5.74) is 1.30. The Bertz CT molecular complexity index is 505. The van der Waals surface area contributed by atoms with Gasteiger partial charge in [0, 0.05) is 38.4 Å². The molecule has 1 rings (SSSR count). The predicted octanol–water partition coefficient (Wildman–Crippen LogP) is 1.52. The van der Waals surface area contributed by atoms with Gasteiger partial charge in [0.25, 0.3) is 0 Å². The van der Waals surface area contributed by atoms with E-state index in [4.69, 9.17) is 5.11 Å². The summed E-state index contributed by atoms with van der Waals surface area (Å²) >= 11 is 0. The van der Waals surface area contributed by atoms with Gasteiger partial charge in [-0.05, 0) is 47.5 Å². The van der Waals surface area contributed by atoms with Crippen LogP contribution in [0.25, 0.3) is 0 Å². The van der Waals surface area contributed by atoms with Crippen molar-refractivity contribution in [1.29, 1.82) is 0 Å². The Morgan fingerprint density at radius 2 is 2.00 bits per heavy atom. The number of piperazine rings is 1. The molecule has 130 valence electrons. The number of hydrogen-bond acceptors (Lipinski definition) is 5. The van der Waals surface area contributed by atoms with Crippen LogP contribution in [0.5, 0.6) is 0 Å². The highest BCUT2D eigenvalue weighted by Crippen LogP contribution is 2.18. The number of carbonyl (C=O) groups is 1. The molecule has 6 heteroatoms. The van der Waals surface area contributed by atoms with E-state index >= 15 is 0 Å². The van der Waals surface area contributed by atoms with Crippen LogP contribution >= 0.6 is 0 Å². The van der Waals surface area contributed by atoms with Crippen LogP contribution in [0.1, 0.15) is 20.8 Å². The molecule has 1 N–H and O–H groups in total. The van der Waals surface area contributed by atoms with Crippen LogP contribution in [0.15, 0.2) is 28.0 Å². The van der Waals surface area contributed by atoms with Crippen LogP contribution in [-0.2, 0) is 4.79 Å². The number of carboxylic acids is 1. The van der Waals surface area contributed by atoms with Crippen molar-refractivity contribution in [2.24, 2.45) is 4.99 Å². The molecule has 1 aliphatic rings. The summed E-state index contributed by atoms with van der Waals surface area (Å²) in [6.07, 6.45) is 3.01. The molecule has 0 aromatic rings. The number of aliphatic imine (C=N–C) groups is 1. The standard InChI is InChI=1S/C17H30N4O2/c1-7-14(17(22)23)10-18-16(13(2)3)21-9-8-20(6)15(12-21)11-19(4)5/h7,10,15H,8-9,11-12H2,1-6H3,(H,22,23)/b14-7+,18-10-. The summed E-state index contributed by atoms with van der Waals surface area (Å²) in [4.78, 5) is 22.4. The average Bonchev–Trinajstić information content (AvgIpc) is 2.45. The second kappa shape index (κ2) is 8.84. The zero-order chi connectivity index (χ0) is 17.6. The second-order valence-electron chi connectivity index (χ2n) is 6.47. The number of carboxylic acid groups (broad SMARTS) is 1. The van der Waals surface area contributed by atoms with Crippen LogP contribution in [0.2, 0.25) is 0 Å². The zero-order valence-electron chi connectivity index (χ0n) is 15.2. The molecule has 0 aromatic heterocycles. The van der Waals surface area contributed by atoms with Gasteiger partial charge >= 0.3 is 5.97 Å². The molecular formula is C17H30N4O2. The topological polar surface area (TPSA) is 59.4 Å². The van der Waals surface area contributed by atoms with Gasteiger partial charge in [0.15, 0.2) is 0 Å². The Balaban J connectivity index is 2.93. The van der Waals surface area contributed by atoms with Crippen molar-refractivity contribution in [1.82, 2.24) is 14.7 Å². The third-order valence-corrected chi connectivity index (χ3v) is 3.98. The fraction of sp³-hybridized carbons (Fsp3) is 0.647. The third-order valence-electron chi connectivity index (χ3n) is 3.98. The molecule has 23 heavy (non-hydrogen) atoms. The highest BCUT2D eigenvalue weighted by atomic mass is 16.4. The summed E-state index contributed by atoms with van der Waals surface area (Å²) in [5.74, 6) is -0.0734. The minimum atomic E-state index is -0.951. The molecule has 0 saturated carbocycles. The summed E-state index contributed by atoms with van der Waals surface area (Å²) in [7, 11) is 6.31. The maximum absolute atomic E-state index is 11.1. The molecule has 1 unspecified atom stereocenters. The fourth-order valence-electron chi connectivity index (χ4n) is 2.67. The highest BCUT2D eigenvalue weighted by molar-refractivity contribution is 6.08. The molecule has 1 aliphatic heterocycles. The average molecular weight is 322 g/mol. The Kier molecular flexibility index (Phi) is 7.45. The molecule has 0 aliphatic carbocycles. The summed E-state index contributed by atoms with van der Waals surface area (Å²) < 4.78 is 0. The van der Waals surface area contributed by atoms with Crippen molar-refractivity contribution < 1.29 is 9.90 Å². The maximum Gasteiger partial charge on any atom is 0.336 e. The van der Waals surface area contributed by atoms with E-state index in [9.17, 15) is 4.79 Å². The smallest absolute Gasteiger partial charge is 0.336 e. The lowest BCUT2D eigenvalue weighted by Gasteiger charge is -2.41. The van der Waals surface area contributed by atoms with Gasteiger partial charge in [0.05, 0.1) is 5.57 Å². The van der Waals surface area contributed by atoms with Crippen LogP contribution < -0.4 is 0 Å². The monoisotopic (exact) mass is 322 g/mol. The minimum Gasteiger partial charge on any atom is -0.478 e. The molecule has 6 nitrogen and oxygen atoms in total. The predicted molar refractivity (Wildman–Crippen MR) is 94.8 cm³/mol. The first kappa shape index (κ1) is 19.4. The van der Waals surface area contributed by atoms with Crippen molar-refractivity contribution in [3.05, 3.63) is 23.0 Å². The molecule has 0 radical (unpaired) electrons. The summed E-state index contributed by atoms with van der Waals surface area (Å²) in [6.45, 7) is 9.49. The van der Waals surface area contributed by atoms with Crippen molar-refractivity contribution in [3.63, 3.8) is 0 Å². The van der Waals surface area contributed by atoms with Gasteiger partial charge in [-0.1, -0.05) is 6.08 Å². The molecule has 1 saturated heterocycles. The molecule has 1 heterocycles. The lowest BCUT2D eigenvalue weighted by atomic mass is 10.1. The Morgan fingerprint density at radius 3 is 2.48 bits per heavy atom. The Labute approximate surface area is 139 Å². The molecule has 1 fully saturated rings. The number of hydrogen-bond donors (Lipinski definition) is 1. The van der Waals surface area contributed by atoms with E-state index in [0.29, 0.717) is 6.04 Å². The quantitative estimate of drug-likeness (QED) is 0.593. The highest BCUT2D eigenvalue weighted by Gasteiger charge is 2.26. The lowest BCUT2D eigenvalue weighted by molar-refractivity contribution is -0.132. The van der Waals surface area contributed by atoms with Gasteiger partial charge < -0.3 is 14.9 Å². The summed E-state index contributed by atoms with van der Waals surface area (Å²) in [6, 6.07) is 0.434.